The van der Waals surface area contributed by atoms with Gasteiger partial charge in [-0.2, -0.15) is 4.39 Å². The lowest BCUT2D eigenvalue weighted by molar-refractivity contribution is -0.0607. The van der Waals surface area contributed by atoms with Crippen molar-refractivity contribution < 1.29 is 9.13 Å². The SMILES string of the molecule is C=C(N=C/C(=C\C)C1CCC1)[C@@](C)(CCNCc1cnc(F)c(C)c1)CC1(OCC)CCCC1. The van der Waals surface area contributed by atoms with Crippen LogP contribution in [0.25, 0.3) is 0 Å². The van der Waals surface area contributed by atoms with E-state index in [1.54, 1.807) is 13.1 Å². The third-order valence-corrected chi connectivity index (χ3v) is 7.91. The smallest absolute Gasteiger partial charge is 0.215 e. The van der Waals surface area contributed by atoms with Gasteiger partial charge in [-0.25, -0.2) is 4.98 Å². The van der Waals surface area contributed by atoms with Crippen LogP contribution in [0.3, 0.4) is 0 Å². The van der Waals surface area contributed by atoms with Crippen LogP contribution in [-0.2, 0) is 11.3 Å². The summed E-state index contributed by atoms with van der Waals surface area (Å²) in [7, 11) is 0. The molecule has 1 atom stereocenters. The Labute approximate surface area is 206 Å². The van der Waals surface area contributed by atoms with E-state index in [1.165, 1.54) is 37.7 Å². The molecule has 2 saturated carbocycles. The highest BCUT2D eigenvalue weighted by Gasteiger charge is 2.42. The van der Waals surface area contributed by atoms with Gasteiger partial charge in [-0.3, -0.25) is 4.99 Å². The molecule has 1 N–H and O–H groups in total. The second kappa shape index (κ2) is 12.2. The molecule has 0 bridgehead atoms. The number of hydrogen-bond donors (Lipinski definition) is 1. The lowest BCUT2D eigenvalue weighted by atomic mass is 9.73. The average Bonchev–Trinajstić information content (AvgIpc) is 3.22. The van der Waals surface area contributed by atoms with Crippen molar-refractivity contribution in [2.75, 3.05) is 13.2 Å². The van der Waals surface area contributed by atoms with Gasteiger partial charge in [0.15, 0.2) is 0 Å². The number of pyridine rings is 1. The topological polar surface area (TPSA) is 46.5 Å². The van der Waals surface area contributed by atoms with Crippen molar-refractivity contribution in [2.24, 2.45) is 16.3 Å². The first-order valence-electron chi connectivity index (χ1n) is 13.2. The number of nitrogens with zero attached hydrogens (tertiary/aromatic N) is 2. The fourth-order valence-electron chi connectivity index (χ4n) is 5.52. The Balaban J connectivity index is 1.69. The fraction of sp³-hybridized carbons (Fsp3) is 0.655. The van der Waals surface area contributed by atoms with Crippen molar-refractivity contribution >= 4 is 6.21 Å². The van der Waals surface area contributed by atoms with Gasteiger partial charge in [-0.05, 0) is 89.0 Å². The number of rotatable bonds is 13. The molecule has 0 amide bonds. The quantitative estimate of drug-likeness (QED) is 0.191. The lowest BCUT2D eigenvalue weighted by Crippen LogP contribution is -2.38. The number of aromatic nitrogens is 1. The van der Waals surface area contributed by atoms with E-state index >= 15 is 0 Å². The zero-order chi connectivity index (χ0) is 24.6. The molecular weight excluding hydrogens is 425 g/mol. The van der Waals surface area contributed by atoms with Crippen molar-refractivity contribution in [3.05, 3.63) is 53.3 Å². The normalized spacial score (nSPS) is 20.4. The summed E-state index contributed by atoms with van der Waals surface area (Å²) in [4.78, 5) is 8.78. The Morgan fingerprint density at radius 2 is 2.09 bits per heavy atom. The molecule has 188 valence electrons. The molecule has 0 unspecified atom stereocenters. The van der Waals surface area contributed by atoms with Gasteiger partial charge in [0.2, 0.25) is 5.95 Å². The van der Waals surface area contributed by atoms with Gasteiger partial charge in [-0.15, -0.1) is 0 Å². The molecule has 1 aromatic heterocycles. The maximum Gasteiger partial charge on any atom is 0.215 e. The fourth-order valence-corrected chi connectivity index (χ4v) is 5.52. The predicted octanol–water partition coefficient (Wildman–Crippen LogP) is 7.09. The second-order valence-corrected chi connectivity index (χ2v) is 10.6. The van der Waals surface area contributed by atoms with Crippen LogP contribution in [0.4, 0.5) is 4.39 Å². The van der Waals surface area contributed by atoms with Gasteiger partial charge >= 0.3 is 0 Å². The molecule has 0 aromatic carbocycles. The minimum Gasteiger partial charge on any atom is -0.375 e. The molecular formula is C29H44FN3O. The number of aliphatic imine (C=N–C) groups is 1. The number of ether oxygens (including phenoxy) is 1. The Morgan fingerprint density at radius 3 is 2.68 bits per heavy atom. The number of allylic oxidation sites excluding steroid dienone is 3. The average molecular weight is 470 g/mol. The molecule has 2 fully saturated rings. The minimum absolute atomic E-state index is 0.0721. The molecule has 0 spiro atoms. The first kappa shape index (κ1) is 26.7. The summed E-state index contributed by atoms with van der Waals surface area (Å²) in [5.41, 5.74) is 3.62. The molecule has 1 heterocycles. The Morgan fingerprint density at radius 1 is 1.35 bits per heavy atom. The maximum absolute atomic E-state index is 13.5. The molecule has 4 nitrogen and oxygen atoms in total. The molecule has 2 aliphatic carbocycles. The summed E-state index contributed by atoms with van der Waals surface area (Å²) in [5, 5.41) is 3.53. The van der Waals surface area contributed by atoms with Gasteiger partial charge in [0.1, 0.15) is 0 Å². The first-order chi connectivity index (χ1) is 16.3. The van der Waals surface area contributed by atoms with E-state index in [9.17, 15) is 4.39 Å². The van der Waals surface area contributed by atoms with E-state index in [2.05, 4.69) is 49.9 Å². The Bertz CT molecular complexity index is 883. The zero-order valence-corrected chi connectivity index (χ0v) is 21.8. The van der Waals surface area contributed by atoms with Gasteiger partial charge in [-0.1, -0.05) is 38.8 Å². The first-order valence-corrected chi connectivity index (χ1v) is 13.2. The largest absolute Gasteiger partial charge is 0.375 e. The summed E-state index contributed by atoms with van der Waals surface area (Å²) in [5.74, 6) is 0.262. The van der Waals surface area contributed by atoms with Gasteiger partial charge in [0, 0.05) is 42.2 Å². The number of halogens is 1. The van der Waals surface area contributed by atoms with Crippen LogP contribution in [-0.4, -0.2) is 30.0 Å². The van der Waals surface area contributed by atoms with Crippen LogP contribution in [0.2, 0.25) is 0 Å². The number of aryl methyl sites for hydroxylation is 1. The minimum atomic E-state index is -0.398. The van der Waals surface area contributed by atoms with Gasteiger partial charge < -0.3 is 10.1 Å². The third kappa shape index (κ3) is 6.85. The summed E-state index contributed by atoms with van der Waals surface area (Å²) >= 11 is 0. The predicted molar refractivity (Wildman–Crippen MR) is 140 cm³/mol. The zero-order valence-electron chi connectivity index (χ0n) is 21.8. The van der Waals surface area contributed by atoms with Crippen LogP contribution in [0.5, 0.6) is 0 Å². The highest BCUT2D eigenvalue weighted by Crippen LogP contribution is 2.47. The van der Waals surface area contributed by atoms with E-state index in [0.717, 1.165) is 50.1 Å². The lowest BCUT2D eigenvalue weighted by Gasteiger charge is -2.40. The molecule has 1 aromatic rings. The Kier molecular flexibility index (Phi) is 9.61. The number of nitrogens with one attached hydrogen (secondary N) is 1. The molecule has 0 aliphatic heterocycles. The highest BCUT2D eigenvalue weighted by atomic mass is 19.1. The van der Waals surface area contributed by atoms with Crippen LogP contribution in [0.15, 0.2) is 41.2 Å². The van der Waals surface area contributed by atoms with E-state index in [-0.39, 0.29) is 11.0 Å². The molecule has 3 rings (SSSR count). The van der Waals surface area contributed by atoms with Crippen molar-refractivity contribution in [1.29, 1.82) is 0 Å². The molecule has 5 heteroatoms. The standard InChI is InChI=1S/C29H44FN3O/c1-6-25(26-11-10-12-26)20-32-23(4)28(5,21-29(34-7-2)13-8-9-14-29)15-16-31-18-24-17-22(3)27(30)33-19-24/h6,17,19-20,26,31H,4,7-16,18,21H2,1-3,5H3/b25-6+,32-20?/t28-/m0/s1. The van der Waals surface area contributed by atoms with Crippen LogP contribution < -0.4 is 5.32 Å². The van der Waals surface area contributed by atoms with Gasteiger partial charge in [0.25, 0.3) is 0 Å². The van der Waals surface area contributed by atoms with Crippen molar-refractivity contribution in [1.82, 2.24) is 10.3 Å². The summed E-state index contributed by atoms with van der Waals surface area (Å²) in [6.07, 6.45) is 16.3. The second-order valence-electron chi connectivity index (χ2n) is 10.6. The third-order valence-electron chi connectivity index (χ3n) is 7.91. The monoisotopic (exact) mass is 469 g/mol. The maximum atomic E-state index is 13.5. The number of hydrogen-bond acceptors (Lipinski definition) is 4. The summed E-state index contributed by atoms with van der Waals surface area (Å²) < 4.78 is 19.9. The highest BCUT2D eigenvalue weighted by molar-refractivity contribution is 5.80. The molecule has 0 saturated heterocycles. The summed E-state index contributed by atoms with van der Waals surface area (Å²) in [6.45, 7) is 15.0. The van der Waals surface area contributed by atoms with E-state index in [4.69, 9.17) is 9.73 Å². The van der Waals surface area contributed by atoms with E-state index in [0.29, 0.717) is 18.0 Å². The van der Waals surface area contributed by atoms with E-state index < -0.39 is 5.95 Å². The van der Waals surface area contributed by atoms with Gasteiger partial charge in [0.05, 0.1) is 5.60 Å². The summed E-state index contributed by atoms with van der Waals surface area (Å²) in [6, 6.07) is 1.86. The molecule has 2 aliphatic rings. The van der Waals surface area contributed by atoms with Crippen molar-refractivity contribution in [3.63, 3.8) is 0 Å². The van der Waals surface area contributed by atoms with E-state index in [1.807, 2.05) is 6.07 Å². The van der Waals surface area contributed by atoms with Crippen LogP contribution >= 0.6 is 0 Å². The van der Waals surface area contributed by atoms with Crippen molar-refractivity contribution in [2.45, 2.75) is 97.6 Å². The van der Waals surface area contributed by atoms with Crippen molar-refractivity contribution in [3.8, 4) is 0 Å². The molecule has 34 heavy (non-hydrogen) atoms. The Hall–Kier alpha value is -1.85. The van der Waals surface area contributed by atoms with Crippen LogP contribution in [0.1, 0.15) is 89.7 Å². The molecule has 0 radical (unpaired) electrons. The van der Waals surface area contributed by atoms with Crippen LogP contribution in [0, 0.1) is 24.2 Å².